The molecule has 0 bridgehead atoms. The molecule has 1 N–H and O–H groups in total. The van der Waals surface area contributed by atoms with E-state index in [0.29, 0.717) is 17.8 Å². The molecule has 0 aromatic carbocycles. The topological polar surface area (TPSA) is 59.4 Å². The van der Waals surface area contributed by atoms with Crippen molar-refractivity contribution < 1.29 is 14.6 Å². The van der Waals surface area contributed by atoms with Crippen molar-refractivity contribution in [1.82, 2.24) is 4.98 Å². The molecule has 0 spiro atoms. The molecule has 1 aromatic heterocycles. The minimum atomic E-state index is -0.838. The third-order valence-electron chi connectivity index (χ3n) is 3.55. The van der Waals surface area contributed by atoms with Crippen molar-refractivity contribution in [2.24, 2.45) is 5.41 Å². The Balaban J connectivity index is 2.29. The van der Waals surface area contributed by atoms with Crippen LogP contribution in [0.1, 0.15) is 43.2 Å². The van der Waals surface area contributed by atoms with Gasteiger partial charge in [-0.1, -0.05) is 19.3 Å². The lowest BCUT2D eigenvalue weighted by Crippen LogP contribution is -2.40. The minimum Gasteiger partial charge on any atom is -0.469 e. The maximum absolute atomic E-state index is 12.0. The summed E-state index contributed by atoms with van der Waals surface area (Å²) in [5.74, 6) is -0.306. The highest BCUT2D eigenvalue weighted by molar-refractivity contribution is 7.09. The maximum atomic E-state index is 12.0. The van der Waals surface area contributed by atoms with Crippen molar-refractivity contribution >= 4 is 17.3 Å². The van der Waals surface area contributed by atoms with Crippen LogP contribution in [0.25, 0.3) is 0 Å². The Morgan fingerprint density at radius 2 is 2.24 bits per heavy atom. The average Bonchev–Trinajstić information content (AvgIpc) is 2.91. The summed E-state index contributed by atoms with van der Waals surface area (Å²) in [5.41, 5.74) is -0.787. The van der Waals surface area contributed by atoms with Crippen molar-refractivity contribution in [1.29, 1.82) is 0 Å². The molecule has 1 unspecified atom stereocenters. The first-order valence-corrected chi connectivity index (χ1v) is 6.74. The zero-order valence-corrected chi connectivity index (χ0v) is 10.7. The van der Waals surface area contributed by atoms with Crippen LogP contribution in [-0.4, -0.2) is 23.2 Å². The van der Waals surface area contributed by atoms with Crippen LogP contribution in [-0.2, 0) is 9.53 Å². The van der Waals surface area contributed by atoms with Gasteiger partial charge in [-0.05, 0) is 12.8 Å². The third-order valence-corrected chi connectivity index (χ3v) is 4.37. The molecule has 94 valence electrons. The Morgan fingerprint density at radius 3 is 2.76 bits per heavy atom. The number of aromatic nitrogens is 1. The fourth-order valence-corrected chi connectivity index (χ4v) is 3.32. The molecule has 17 heavy (non-hydrogen) atoms. The number of rotatable bonds is 3. The van der Waals surface area contributed by atoms with Crippen LogP contribution in [0.15, 0.2) is 11.6 Å². The monoisotopic (exact) mass is 255 g/mol. The molecule has 0 saturated heterocycles. The van der Waals surface area contributed by atoms with Crippen LogP contribution in [0, 0.1) is 5.41 Å². The highest BCUT2D eigenvalue weighted by atomic mass is 32.1. The van der Waals surface area contributed by atoms with E-state index in [2.05, 4.69) is 4.98 Å². The van der Waals surface area contributed by atoms with E-state index >= 15 is 0 Å². The van der Waals surface area contributed by atoms with Crippen LogP contribution in [0.2, 0.25) is 0 Å². The fraction of sp³-hybridized carbons (Fsp3) is 0.667. The SMILES string of the molecule is COC(=O)C1(C(O)c2nccs2)CCCCC1. The van der Waals surface area contributed by atoms with Gasteiger partial charge in [0.15, 0.2) is 0 Å². The molecule has 2 rings (SSSR count). The molecule has 5 heteroatoms. The first-order chi connectivity index (χ1) is 8.20. The second-order valence-electron chi connectivity index (χ2n) is 4.48. The van der Waals surface area contributed by atoms with Crippen molar-refractivity contribution in [3.8, 4) is 0 Å². The van der Waals surface area contributed by atoms with Crippen LogP contribution < -0.4 is 0 Å². The number of esters is 1. The number of ether oxygens (including phenoxy) is 1. The number of aliphatic hydroxyl groups excluding tert-OH is 1. The van der Waals surface area contributed by atoms with E-state index in [0.717, 1.165) is 19.3 Å². The van der Waals surface area contributed by atoms with Gasteiger partial charge in [0.2, 0.25) is 0 Å². The van der Waals surface area contributed by atoms with E-state index < -0.39 is 11.5 Å². The van der Waals surface area contributed by atoms with Crippen LogP contribution in [0.3, 0.4) is 0 Å². The predicted octanol–water partition coefficient (Wildman–Crippen LogP) is 2.30. The molecule has 1 aliphatic rings. The van der Waals surface area contributed by atoms with Crippen molar-refractivity contribution in [2.45, 2.75) is 38.2 Å². The van der Waals surface area contributed by atoms with Gasteiger partial charge in [-0.25, -0.2) is 4.98 Å². The van der Waals surface area contributed by atoms with Gasteiger partial charge in [0.05, 0.1) is 7.11 Å². The van der Waals surface area contributed by atoms with Gasteiger partial charge in [-0.2, -0.15) is 0 Å². The Kier molecular flexibility index (Phi) is 3.79. The first kappa shape index (κ1) is 12.5. The van der Waals surface area contributed by atoms with Crippen LogP contribution in [0.4, 0.5) is 0 Å². The number of nitrogens with zero attached hydrogens (tertiary/aromatic N) is 1. The third kappa shape index (κ3) is 2.21. The molecule has 1 heterocycles. The van der Waals surface area contributed by atoms with E-state index in [1.54, 1.807) is 6.20 Å². The first-order valence-electron chi connectivity index (χ1n) is 5.86. The standard InChI is InChI=1S/C12H17NO3S/c1-16-11(15)12(5-3-2-4-6-12)9(14)10-13-7-8-17-10/h7-9,14H,2-6H2,1H3. The zero-order valence-electron chi connectivity index (χ0n) is 9.89. The average molecular weight is 255 g/mol. The molecule has 1 fully saturated rings. The summed E-state index contributed by atoms with van der Waals surface area (Å²) in [5, 5.41) is 12.9. The number of carbonyl (C=O) groups excluding carboxylic acids is 1. The molecule has 1 aromatic rings. The highest BCUT2D eigenvalue weighted by Gasteiger charge is 2.48. The quantitative estimate of drug-likeness (QED) is 0.842. The van der Waals surface area contributed by atoms with Crippen molar-refractivity contribution in [3.63, 3.8) is 0 Å². The van der Waals surface area contributed by atoms with E-state index in [1.165, 1.54) is 18.4 Å². The Labute approximate surface area is 105 Å². The van der Waals surface area contributed by atoms with Gasteiger partial charge in [-0.3, -0.25) is 4.79 Å². The van der Waals surface area contributed by atoms with E-state index in [1.807, 2.05) is 5.38 Å². The molecular weight excluding hydrogens is 238 g/mol. The van der Waals surface area contributed by atoms with E-state index in [4.69, 9.17) is 4.74 Å². The van der Waals surface area contributed by atoms with Gasteiger partial charge in [0.25, 0.3) is 0 Å². The lowest BCUT2D eigenvalue weighted by Gasteiger charge is -2.37. The van der Waals surface area contributed by atoms with Gasteiger partial charge in [0, 0.05) is 11.6 Å². The summed E-state index contributed by atoms with van der Waals surface area (Å²) in [6.45, 7) is 0. The van der Waals surface area contributed by atoms with Crippen LogP contribution >= 0.6 is 11.3 Å². The molecule has 0 aliphatic heterocycles. The largest absolute Gasteiger partial charge is 0.469 e. The minimum absolute atomic E-state index is 0.306. The van der Waals surface area contributed by atoms with Gasteiger partial charge in [-0.15, -0.1) is 11.3 Å². The Morgan fingerprint density at radius 1 is 1.53 bits per heavy atom. The zero-order chi connectivity index (χ0) is 12.3. The summed E-state index contributed by atoms with van der Waals surface area (Å²) < 4.78 is 4.89. The number of hydrogen-bond donors (Lipinski definition) is 1. The smallest absolute Gasteiger partial charge is 0.314 e. The van der Waals surface area contributed by atoms with Gasteiger partial charge in [0.1, 0.15) is 16.5 Å². The van der Waals surface area contributed by atoms with E-state index in [-0.39, 0.29) is 5.97 Å². The maximum Gasteiger partial charge on any atom is 0.314 e. The Bertz CT molecular complexity index is 371. The van der Waals surface area contributed by atoms with E-state index in [9.17, 15) is 9.90 Å². The number of hydrogen-bond acceptors (Lipinski definition) is 5. The summed E-state index contributed by atoms with van der Waals surface area (Å²) in [6.07, 6.45) is 5.20. The number of methoxy groups -OCH3 is 1. The number of thiazole rings is 1. The fourth-order valence-electron chi connectivity index (χ4n) is 2.58. The number of aliphatic hydroxyl groups is 1. The normalized spacial score (nSPS) is 20.8. The molecule has 0 amide bonds. The summed E-state index contributed by atoms with van der Waals surface area (Å²) in [4.78, 5) is 16.1. The lowest BCUT2D eigenvalue weighted by atomic mass is 9.70. The molecule has 0 radical (unpaired) electrons. The molecule has 1 saturated carbocycles. The second kappa shape index (κ2) is 5.14. The van der Waals surface area contributed by atoms with Crippen molar-refractivity contribution in [3.05, 3.63) is 16.6 Å². The predicted molar refractivity (Wildman–Crippen MR) is 64.6 cm³/mol. The summed E-state index contributed by atoms with van der Waals surface area (Å²) >= 11 is 1.38. The summed E-state index contributed by atoms with van der Waals surface area (Å²) in [6, 6.07) is 0. The molecular formula is C12H17NO3S. The van der Waals surface area contributed by atoms with Crippen LogP contribution in [0.5, 0.6) is 0 Å². The van der Waals surface area contributed by atoms with Gasteiger partial charge >= 0.3 is 5.97 Å². The van der Waals surface area contributed by atoms with Gasteiger partial charge < -0.3 is 9.84 Å². The molecule has 1 atom stereocenters. The molecule has 1 aliphatic carbocycles. The Hall–Kier alpha value is -0.940. The number of carbonyl (C=O) groups is 1. The second-order valence-corrected chi connectivity index (χ2v) is 5.41. The lowest BCUT2D eigenvalue weighted by molar-refractivity contribution is -0.164. The van der Waals surface area contributed by atoms with Crippen molar-refractivity contribution in [2.75, 3.05) is 7.11 Å². The summed E-state index contributed by atoms with van der Waals surface area (Å²) in [7, 11) is 1.38. The molecule has 4 nitrogen and oxygen atoms in total. The highest BCUT2D eigenvalue weighted by Crippen LogP contribution is 2.47.